The fraction of sp³-hybridized carbons (Fsp3) is 0.167. The van der Waals surface area contributed by atoms with Crippen molar-refractivity contribution >= 4 is 47.6 Å². The molecular weight excluding hydrogens is 324 g/mol. The van der Waals surface area contributed by atoms with E-state index in [0.717, 1.165) is 0 Å². The van der Waals surface area contributed by atoms with Crippen molar-refractivity contribution in [3.63, 3.8) is 0 Å². The van der Waals surface area contributed by atoms with Gasteiger partial charge in [0.15, 0.2) is 0 Å². The van der Waals surface area contributed by atoms with Crippen LogP contribution in [-0.4, -0.2) is 18.1 Å². The highest BCUT2D eigenvalue weighted by Gasteiger charge is 2.06. The number of anilines is 1. The lowest BCUT2D eigenvalue weighted by atomic mass is 10.4. The highest BCUT2D eigenvalue weighted by molar-refractivity contribution is 9.11. The number of sulfonamides is 1. The number of halogens is 2. The van der Waals surface area contributed by atoms with Crippen LogP contribution in [0.15, 0.2) is 22.9 Å². The minimum atomic E-state index is -3.27. The Labute approximate surface area is 93.1 Å². The molecule has 0 saturated heterocycles. The molecule has 1 aromatic heterocycles. The second-order valence-corrected chi connectivity index (χ2v) is 6.03. The number of hydrogen-bond donors (Lipinski definition) is 1. The standard InChI is InChI=1S/C6H6Br2N2O2S/c7-4-13(11,12)10-5-1-2-6(8)9-3-5/h1-3,10H,4H2. The molecule has 1 N–H and O–H groups in total. The van der Waals surface area contributed by atoms with Gasteiger partial charge in [0.25, 0.3) is 0 Å². The third-order valence-electron chi connectivity index (χ3n) is 1.14. The van der Waals surface area contributed by atoms with Crippen LogP contribution >= 0.6 is 31.9 Å². The Morgan fingerprint density at radius 3 is 2.62 bits per heavy atom. The van der Waals surface area contributed by atoms with Crippen molar-refractivity contribution in [3.05, 3.63) is 22.9 Å². The molecular formula is C6H6Br2N2O2S. The number of aromatic nitrogens is 1. The van der Waals surface area contributed by atoms with Crippen LogP contribution in [-0.2, 0) is 10.0 Å². The molecule has 0 saturated carbocycles. The first-order chi connectivity index (χ1) is 6.03. The van der Waals surface area contributed by atoms with Crippen LogP contribution in [0.3, 0.4) is 0 Å². The van der Waals surface area contributed by atoms with Gasteiger partial charge in [-0.15, -0.1) is 0 Å². The van der Waals surface area contributed by atoms with E-state index in [-0.39, 0.29) is 4.66 Å². The molecule has 0 unspecified atom stereocenters. The molecule has 0 aromatic carbocycles. The molecule has 0 fully saturated rings. The molecule has 1 rings (SSSR count). The van der Waals surface area contributed by atoms with Crippen LogP contribution in [0, 0.1) is 0 Å². The number of alkyl halides is 1. The van der Waals surface area contributed by atoms with Gasteiger partial charge in [-0.05, 0) is 28.1 Å². The van der Waals surface area contributed by atoms with Crippen molar-refractivity contribution in [3.8, 4) is 0 Å². The van der Waals surface area contributed by atoms with Gasteiger partial charge in [0, 0.05) is 0 Å². The van der Waals surface area contributed by atoms with Crippen LogP contribution < -0.4 is 4.72 Å². The fourth-order valence-electron chi connectivity index (χ4n) is 0.643. The minimum Gasteiger partial charge on any atom is -0.281 e. The molecule has 7 heteroatoms. The summed E-state index contributed by atoms with van der Waals surface area (Å²) in [5, 5.41) is 0. The zero-order valence-electron chi connectivity index (χ0n) is 6.37. The minimum absolute atomic E-state index is 0.129. The summed E-state index contributed by atoms with van der Waals surface area (Å²) in [5.41, 5.74) is 0.447. The quantitative estimate of drug-likeness (QED) is 0.681. The number of nitrogens with one attached hydrogen (secondary N) is 1. The highest BCUT2D eigenvalue weighted by Crippen LogP contribution is 2.12. The lowest BCUT2D eigenvalue weighted by Crippen LogP contribution is -2.13. The molecule has 0 atom stereocenters. The van der Waals surface area contributed by atoms with Crippen LogP contribution in [0.25, 0.3) is 0 Å². The fourth-order valence-corrected chi connectivity index (χ4v) is 1.76. The Balaban J connectivity index is 2.82. The lowest BCUT2D eigenvalue weighted by molar-refractivity contribution is 0.606. The Morgan fingerprint density at radius 1 is 1.46 bits per heavy atom. The van der Waals surface area contributed by atoms with E-state index in [0.29, 0.717) is 10.3 Å². The van der Waals surface area contributed by atoms with Crippen molar-refractivity contribution in [1.82, 2.24) is 4.98 Å². The third-order valence-corrected chi connectivity index (χ3v) is 4.26. The molecule has 4 nitrogen and oxygen atoms in total. The zero-order chi connectivity index (χ0) is 9.90. The van der Waals surface area contributed by atoms with Gasteiger partial charge in [0.05, 0.1) is 11.9 Å². The molecule has 0 aliphatic carbocycles. The second-order valence-electron chi connectivity index (χ2n) is 2.20. The second kappa shape index (κ2) is 4.39. The van der Waals surface area contributed by atoms with Crippen molar-refractivity contribution in [2.45, 2.75) is 0 Å². The molecule has 0 spiro atoms. The molecule has 1 aromatic rings. The Hall–Kier alpha value is -0.140. The first-order valence-electron chi connectivity index (χ1n) is 3.21. The van der Waals surface area contributed by atoms with Crippen LogP contribution in [0.2, 0.25) is 0 Å². The van der Waals surface area contributed by atoms with Crippen molar-refractivity contribution in [2.75, 3.05) is 9.38 Å². The van der Waals surface area contributed by atoms with Gasteiger partial charge in [-0.25, -0.2) is 13.4 Å². The maximum Gasteiger partial charge on any atom is 0.242 e. The van der Waals surface area contributed by atoms with Crippen LogP contribution in [0.1, 0.15) is 0 Å². The first-order valence-corrected chi connectivity index (χ1v) is 6.78. The molecule has 0 radical (unpaired) electrons. The lowest BCUT2D eigenvalue weighted by Gasteiger charge is -2.03. The van der Waals surface area contributed by atoms with Crippen LogP contribution in [0.5, 0.6) is 0 Å². The van der Waals surface area contributed by atoms with E-state index >= 15 is 0 Å². The van der Waals surface area contributed by atoms with Gasteiger partial charge >= 0.3 is 0 Å². The maximum atomic E-state index is 11.1. The summed E-state index contributed by atoms with van der Waals surface area (Å²) in [5.74, 6) is 0. The largest absolute Gasteiger partial charge is 0.281 e. The normalized spacial score (nSPS) is 11.2. The molecule has 72 valence electrons. The van der Waals surface area contributed by atoms with E-state index in [9.17, 15) is 8.42 Å². The van der Waals surface area contributed by atoms with Crippen molar-refractivity contribution < 1.29 is 8.42 Å². The van der Waals surface area contributed by atoms with Gasteiger partial charge < -0.3 is 0 Å². The summed E-state index contributed by atoms with van der Waals surface area (Å²) in [6.07, 6.45) is 1.43. The SMILES string of the molecule is O=S(=O)(CBr)Nc1ccc(Br)nc1. The molecule has 0 amide bonds. The van der Waals surface area contributed by atoms with E-state index < -0.39 is 10.0 Å². The maximum absolute atomic E-state index is 11.1. The van der Waals surface area contributed by atoms with Crippen molar-refractivity contribution in [2.24, 2.45) is 0 Å². The predicted molar refractivity (Wildman–Crippen MR) is 58.3 cm³/mol. The number of nitrogens with zero attached hydrogens (tertiary/aromatic N) is 1. The van der Waals surface area contributed by atoms with Crippen LogP contribution in [0.4, 0.5) is 5.69 Å². The van der Waals surface area contributed by atoms with Crippen molar-refractivity contribution in [1.29, 1.82) is 0 Å². The number of rotatable bonds is 3. The number of hydrogen-bond acceptors (Lipinski definition) is 3. The van der Waals surface area contributed by atoms with E-state index in [1.807, 2.05) is 0 Å². The molecule has 0 bridgehead atoms. The molecule has 13 heavy (non-hydrogen) atoms. The third kappa shape index (κ3) is 3.61. The first kappa shape index (κ1) is 10.9. The van der Waals surface area contributed by atoms with E-state index in [4.69, 9.17) is 0 Å². The molecule has 0 aliphatic rings. The summed E-state index contributed by atoms with van der Waals surface area (Å²) >= 11 is 6.01. The highest BCUT2D eigenvalue weighted by atomic mass is 79.9. The average molecular weight is 330 g/mol. The Bertz CT molecular complexity index is 376. The Kier molecular flexibility index (Phi) is 3.69. The topological polar surface area (TPSA) is 59.1 Å². The van der Waals surface area contributed by atoms with Gasteiger partial charge in [-0.3, -0.25) is 4.72 Å². The summed E-state index contributed by atoms with van der Waals surface area (Å²) in [7, 11) is -3.27. The van der Waals surface area contributed by atoms with E-state index in [2.05, 4.69) is 41.6 Å². The monoisotopic (exact) mass is 328 g/mol. The zero-order valence-corrected chi connectivity index (χ0v) is 10.4. The Morgan fingerprint density at radius 2 is 2.15 bits per heavy atom. The molecule has 1 heterocycles. The predicted octanol–water partition coefficient (Wildman–Crippen LogP) is 1.94. The van der Waals surface area contributed by atoms with E-state index in [1.165, 1.54) is 6.20 Å². The average Bonchev–Trinajstić information content (AvgIpc) is 2.09. The summed E-state index contributed by atoms with van der Waals surface area (Å²) in [6, 6.07) is 3.28. The van der Waals surface area contributed by atoms with E-state index in [1.54, 1.807) is 12.1 Å². The van der Waals surface area contributed by atoms with Gasteiger partial charge in [0.2, 0.25) is 10.0 Å². The summed E-state index contributed by atoms with van der Waals surface area (Å²) < 4.78 is 25.0. The summed E-state index contributed by atoms with van der Waals surface area (Å²) in [6.45, 7) is 0. The van der Waals surface area contributed by atoms with Gasteiger partial charge in [0.1, 0.15) is 9.27 Å². The smallest absolute Gasteiger partial charge is 0.242 e. The molecule has 0 aliphatic heterocycles. The van der Waals surface area contributed by atoms with Gasteiger partial charge in [-0.1, -0.05) is 15.9 Å². The summed E-state index contributed by atoms with van der Waals surface area (Å²) in [4.78, 5) is 3.87. The van der Waals surface area contributed by atoms with Gasteiger partial charge in [-0.2, -0.15) is 0 Å². The number of pyridine rings is 1.